The van der Waals surface area contributed by atoms with E-state index in [1.165, 1.54) is 0 Å². The average Bonchev–Trinajstić information content (AvgIpc) is 3.59. The van der Waals surface area contributed by atoms with Crippen LogP contribution in [0.3, 0.4) is 0 Å². The van der Waals surface area contributed by atoms with Crippen molar-refractivity contribution in [1.82, 2.24) is 0 Å². The highest BCUT2D eigenvalue weighted by molar-refractivity contribution is 8.39. The summed E-state index contributed by atoms with van der Waals surface area (Å²) < 4.78 is 14.2. The molecule has 2 aromatic rings. The number of nitrogens with zero attached hydrogens (tertiary/aromatic N) is 2. The van der Waals surface area contributed by atoms with Crippen molar-refractivity contribution in [1.29, 1.82) is 0 Å². The summed E-state index contributed by atoms with van der Waals surface area (Å²) in [5.41, 5.74) is 6.38. The largest absolute Gasteiger partial charge is 0.490 e. The molecule has 206 valence electrons. The van der Waals surface area contributed by atoms with Crippen LogP contribution in [0.4, 0.5) is 0 Å². The Hall–Kier alpha value is -1.30. The molecule has 0 fully saturated rings. The summed E-state index contributed by atoms with van der Waals surface area (Å²) >= 11 is 6.71. The maximum atomic E-state index is 10.4. The summed E-state index contributed by atoms with van der Waals surface area (Å²) in [7, 11) is 0. The molecule has 2 aromatic carbocycles. The predicted octanol–water partition coefficient (Wildman–Crippen LogP) is 5.74. The van der Waals surface area contributed by atoms with Crippen molar-refractivity contribution in [3.8, 4) is 22.6 Å². The third-order valence-corrected chi connectivity index (χ3v) is 10.8. The fraction of sp³-hybridized carbons (Fsp3) is 0.500. The van der Waals surface area contributed by atoms with E-state index in [-0.39, 0.29) is 13.2 Å². The van der Waals surface area contributed by atoms with Gasteiger partial charge < -0.3 is 19.7 Å². The lowest BCUT2D eigenvalue weighted by atomic mass is 9.96. The van der Waals surface area contributed by atoms with Crippen LogP contribution in [0.5, 0.6) is 11.5 Å². The first-order valence-electron chi connectivity index (χ1n) is 12.7. The van der Waals surface area contributed by atoms with Gasteiger partial charge >= 0.3 is 0 Å². The summed E-state index contributed by atoms with van der Waals surface area (Å²) in [4.78, 5) is 8.83. The third kappa shape index (κ3) is 8.35. The molecule has 0 aliphatic carbocycles. The number of benzene rings is 2. The van der Waals surface area contributed by atoms with Crippen LogP contribution in [0.15, 0.2) is 34.3 Å². The summed E-state index contributed by atoms with van der Waals surface area (Å²) in [6, 6.07) is 8.53. The lowest BCUT2D eigenvalue weighted by Gasteiger charge is -2.19. The summed E-state index contributed by atoms with van der Waals surface area (Å²) in [5.74, 6) is 4.89. The van der Waals surface area contributed by atoms with E-state index < -0.39 is 12.2 Å². The van der Waals surface area contributed by atoms with Crippen molar-refractivity contribution in [3.05, 3.63) is 46.5 Å². The molecule has 38 heavy (non-hydrogen) atoms. The zero-order valence-corrected chi connectivity index (χ0v) is 25.6. The van der Waals surface area contributed by atoms with Gasteiger partial charge in [-0.25, -0.2) is 0 Å². The van der Waals surface area contributed by atoms with Gasteiger partial charge in [0.15, 0.2) is 0 Å². The van der Waals surface area contributed by atoms with E-state index in [9.17, 15) is 10.2 Å². The van der Waals surface area contributed by atoms with Gasteiger partial charge in [-0.3, -0.25) is 9.98 Å². The van der Waals surface area contributed by atoms with Crippen molar-refractivity contribution in [2.75, 3.05) is 49.3 Å². The van der Waals surface area contributed by atoms with Crippen LogP contribution in [0, 0.1) is 27.7 Å². The highest BCUT2D eigenvalue weighted by Gasteiger charge is 2.16. The molecule has 10 heteroatoms. The van der Waals surface area contributed by atoms with E-state index in [0.29, 0.717) is 11.5 Å². The number of ether oxygens (including phenoxy) is 2. The van der Waals surface area contributed by atoms with Crippen LogP contribution in [-0.4, -0.2) is 80.5 Å². The number of hydrogen-bond acceptors (Lipinski definition) is 10. The number of aliphatic imine (C=N–C) groups is 2. The van der Waals surface area contributed by atoms with Gasteiger partial charge in [0.2, 0.25) is 0 Å². The van der Waals surface area contributed by atoms with Crippen LogP contribution >= 0.6 is 47.0 Å². The Morgan fingerprint density at radius 2 is 1.08 bits per heavy atom. The van der Waals surface area contributed by atoms with Gasteiger partial charge in [-0.15, -0.1) is 0 Å². The molecule has 6 nitrogen and oxygen atoms in total. The first-order valence-corrected chi connectivity index (χ1v) is 16.7. The normalized spacial score (nSPS) is 16.8. The van der Waals surface area contributed by atoms with Crippen LogP contribution in [0.25, 0.3) is 11.1 Å². The minimum atomic E-state index is -0.548. The summed E-state index contributed by atoms with van der Waals surface area (Å²) in [6.45, 7) is 10.4. The smallest absolute Gasteiger partial charge is 0.125 e. The quantitative estimate of drug-likeness (QED) is 0.342. The first kappa shape index (κ1) is 29.7. The van der Waals surface area contributed by atoms with Crippen molar-refractivity contribution in [2.24, 2.45) is 9.98 Å². The Morgan fingerprint density at radius 3 is 1.39 bits per heavy atom. The van der Waals surface area contributed by atoms with E-state index in [2.05, 4.69) is 34.3 Å². The Bertz CT molecular complexity index is 1050. The fourth-order valence-electron chi connectivity index (χ4n) is 4.29. The minimum absolute atomic E-state index is 0.257. The lowest BCUT2D eigenvalue weighted by Crippen LogP contribution is -2.21. The van der Waals surface area contributed by atoms with Gasteiger partial charge in [0.05, 0.1) is 25.3 Å². The molecule has 0 saturated carbocycles. The molecule has 2 aliphatic rings. The van der Waals surface area contributed by atoms with Gasteiger partial charge in [-0.05, 0) is 85.3 Å². The molecule has 2 aliphatic heterocycles. The number of aliphatic hydroxyl groups excluding tert-OH is 2. The van der Waals surface area contributed by atoms with E-state index in [4.69, 9.17) is 9.47 Å². The van der Waals surface area contributed by atoms with Crippen LogP contribution in [0.2, 0.25) is 0 Å². The van der Waals surface area contributed by atoms with E-state index in [1.54, 1.807) is 47.0 Å². The second-order valence-electron chi connectivity index (χ2n) is 9.42. The molecule has 0 radical (unpaired) electrons. The van der Waals surface area contributed by atoms with Crippen LogP contribution in [0.1, 0.15) is 22.3 Å². The van der Waals surface area contributed by atoms with E-state index >= 15 is 0 Å². The molecule has 0 bridgehead atoms. The Labute approximate surface area is 242 Å². The molecule has 2 unspecified atom stereocenters. The Morgan fingerprint density at radius 1 is 0.711 bits per heavy atom. The highest BCUT2D eigenvalue weighted by Crippen LogP contribution is 2.35. The molecular formula is C28H36N2O4S4. The standard InChI is InChI=1S/C28H36N2O4S4/c1-17-9-21(10-18(2)25(17)33-13-23(31)15-37-27-29-5-7-35-27)22-11-19(3)26(20(4)12-22)34-14-24(32)16-38-28-30-6-8-36-28/h9-12,23-24,31-32H,5-8,13-16H2,1-4H3. The first-order chi connectivity index (χ1) is 18.3. The Balaban J connectivity index is 1.34. The molecule has 4 rings (SSSR count). The van der Waals surface area contributed by atoms with Gasteiger partial charge in [0, 0.05) is 23.0 Å². The van der Waals surface area contributed by atoms with Crippen molar-refractivity contribution in [3.63, 3.8) is 0 Å². The molecule has 2 atom stereocenters. The molecule has 0 spiro atoms. The monoisotopic (exact) mass is 592 g/mol. The van der Waals surface area contributed by atoms with Crippen molar-refractivity contribution < 1.29 is 19.7 Å². The lowest BCUT2D eigenvalue weighted by molar-refractivity contribution is 0.125. The summed E-state index contributed by atoms with van der Waals surface area (Å²) in [6.07, 6.45) is -1.10. The minimum Gasteiger partial charge on any atom is -0.490 e. The zero-order valence-electron chi connectivity index (χ0n) is 22.4. The molecule has 0 saturated heterocycles. The molecule has 2 N–H and O–H groups in total. The summed E-state index contributed by atoms with van der Waals surface area (Å²) in [5, 5.41) is 20.8. The predicted molar refractivity (Wildman–Crippen MR) is 168 cm³/mol. The van der Waals surface area contributed by atoms with E-state index in [0.717, 1.165) is 78.2 Å². The number of thioether (sulfide) groups is 4. The number of rotatable bonds is 11. The maximum Gasteiger partial charge on any atom is 0.125 e. The van der Waals surface area contributed by atoms with Gasteiger partial charge in [0.25, 0.3) is 0 Å². The molecular weight excluding hydrogens is 557 g/mol. The van der Waals surface area contributed by atoms with Crippen molar-refractivity contribution in [2.45, 2.75) is 39.9 Å². The van der Waals surface area contributed by atoms with Gasteiger partial charge in [0.1, 0.15) is 33.5 Å². The average molecular weight is 593 g/mol. The van der Waals surface area contributed by atoms with Gasteiger partial charge in [-0.2, -0.15) is 0 Å². The van der Waals surface area contributed by atoms with E-state index in [1.807, 2.05) is 27.7 Å². The van der Waals surface area contributed by atoms with Crippen molar-refractivity contribution >= 4 is 55.8 Å². The maximum absolute atomic E-state index is 10.4. The molecule has 0 amide bonds. The van der Waals surface area contributed by atoms with Crippen LogP contribution < -0.4 is 9.47 Å². The van der Waals surface area contributed by atoms with Crippen LogP contribution in [-0.2, 0) is 0 Å². The second kappa shape index (κ2) is 14.4. The second-order valence-corrected chi connectivity index (χ2v) is 14.1. The number of aryl methyl sites for hydroxylation is 4. The molecule has 2 heterocycles. The Kier molecular flexibility index (Phi) is 11.2. The SMILES string of the molecule is Cc1cc(-c2cc(C)c(OCC(O)CSC3=NCCS3)c(C)c2)cc(C)c1OCC(O)CSC1=NCCS1. The fourth-order valence-corrected chi connectivity index (χ4v) is 8.17. The number of hydrogen-bond donors (Lipinski definition) is 2. The topological polar surface area (TPSA) is 83.6 Å². The number of aliphatic hydroxyl groups is 2. The molecule has 0 aromatic heterocycles. The third-order valence-electron chi connectivity index (χ3n) is 6.01. The highest BCUT2D eigenvalue weighted by atomic mass is 32.2. The zero-order chi connectivity index (χ0) is 27.1. The van der Waals surface area contributed by atoms with Gasteiger partial charge in [-0.1, -0.05) is 47.0 Å².